The quantitative estimate of drug-likeness (QED) is 0.288. The van der Waals surface area contributed by atoms with Gasteiger partial charge >= 0.3 is 13.6 Å². The van der Waals surface area contributed by atoms with E-state index in [1.807, 2.05) is 0 Å². The van der Waals surface area contributed by atoms with Crippen molar-refractivity contribution in [3.8, 4) is 0 Å². The highest BCUT2D eigenvalue weighted by Gasteiger charge is 2.34. The Morgan fingerprint density at radius 2 is 1.86 bits per heavy atom. The van der Waals surface area contributed by atoms with E-state index in [1.54, 1.807) is 20.8 Å². The van der Waals surface area contributed by atoms with Crippen molar-refractivity contribution in [1.82, 2.24) is 0 Å². The lowest BCUT2D eigenvalue weighted by molar-refractivity contribution is -0.137. The maximum Gasteiger partial charge on any atom is 0.362 e. The summed E-state index contributed by atoms with van der Waals surface area (Å²) in [6.07, 6.45) is 3.88. The molecule has 0 fully saturated rings. The molecule has 1 heterocycles. The summed E-state index contributed by atoms with van der Waals surface area (Å²) in [5.74, 6) is -0.511. The van der Waals surface area contributed by atoms with Gasteiger partial charge in [-0.2, -0.15) is 0 Å². The Morgan fingerprint density at radius 1 is 1.23 bits per heavy atom. The zero-order valence-electron chi connectivity index (χ0n) is 12.8. The highest BCUT2D eigenvalue weighted by molar-refractivity contribution is 7.65. The third-order valence-corrected chi connectivity index (χ3v) is 5.04. The summed E-state index contributed by atoms with van der Waals surface area (Å²) in [6, 6.07) is 0. The van der Waals surface area contributed by atoms with Crippen LogP contribution in [0.4, 0.5) is 0 Å². The topological polar surface area (TPSA) is 75.0 Å². The molecule has 0 unspecified atom stereocenters. The van der Waals surface area contributed by atoms with Gasteiger partial charge in [0.2, 0.25) is 0 Å². The molecule has 1 aromatic heterocycles. The number of alkyl halides is 1. The van der Waals surface area contributed by atoms with E-state index in [4.69, 9.17) is 29.8 Å². The average Bonchev–Trinajstić information content (AvgIpc) is 2.93. The van der Waals surface area contributed by atoms with Gasteiger partial charge in [-0.1, -0.05) is 0 Å². The van der Waals surface area contributed by atoms with Crippen LogP contribution >= 0.6 is 19.2 Å². The fourth-order valence-corrected chi connectivity index (χ4v) is 3.76. The molecule has 0 atom stereocenters. The second-order valence-corrected chi connectivity index (χ2v) is 6.32. The van der Waals surface area contributed by atoms with Crippen molar-refractivity contribution < 1.29 is 27.6 Å². The summed E-state index contributed by atoms with van der Waals surface area (Å²) < 4.78 is 33.6. The molecule has 0 bridgehead atoms. The second-order valence-electron chi connectivity index (χ2n) is 4.06. The first-order valence-electron chi connectivity index (χ1n) is 6.91. The van der Waals surface area contributed by atoms with Crippen LogP contribution in [0.5, 0.6) is 0 Å². The van der Waals surface area contributed by atoms with Crippen molar-refractivity contribution >= 4 is 30.5 Å². The smallest absolute Gasteiger partial charge is 0.362 e. The number of rotatable bonds is 9. The molecule has 1 aromatic rings. The first kappa shape index (κ1) is 19.0. The van der Waals surface area contributed by atoms with Crippen LogP contribution in [0.1, 0.15) is 31.9 Å². The van der Waals surface area contributed by atoms with Crippen molar-refractivity contribution in [1.29, 1.82) is 0 Å². The van der Waals surface area contributed by atoms with Crippen LogP contribution in [-0.4, -0.2) is 25.8 Å². The summed E-state index contributed by atoms with van der Waals surface area (Å²) in [7, 11) is -3.69. The van der Waals surface area contributed by atoms with Crippen molar-refractivity contribution in [2.75, 3.05) is 19.8 Å². The van der Waals surface area contributed by atoms with E-state index in [2.05, 4.69) is 0 Å². The van der Waals surface area contributed by atoms with E-state index >= 15 is 0 Å². The molecule has 1 rings (SSSR count). The average molecular weight is 351 g/mol. The minimum atomic E-state index is -3.69. The Labute approximate surface area is 134 Å². The fourth-order valence-electron chi connectivity index (χ4n) is 1.77. The van der Waals surface area contributed by atoms with E-state index in [0.717, 1.165) is 6.08 Å². The van der Waals surface area contributed by atoms with Gasteiger partial charge in [-0.15, -0.1) is 11.6 Å². The third kappa shape index (κ3) is 4.71. The molecule has 0 aliphatic rings. The van der Waals surface area contributed by atoms with Crippen LogP contribution in [0, 0.1) is 0 Å². The zero-order valence-corrected chi connectivity index (χ0v) is 14.5. The minimum Gasteiger partial charge on any atom is -0.472 e. The summed E-state index contributed by atoms with van der Waals surface area (Å²) >= 11 is 5.84. The predicted octanol–water partition coefficient (Wildman–Crippen LogP) is 4.19. The van der Waals surface area contributed by atoms with E-state index < -0.39 is 13.6 Å². The van der Waals surface area contributed by atoms with Crippen molar-refractivity contribution in [2.24, 2.45) is 0 Å². The third-order valence-electron chi connectivity index (χ3n) is 2.60. The molecular weight excluding hydrogens is 331 g/mol. The molecule has 0 amide bonds. The number of carbonyl (C=O) groups is 1. The largest absolute Gasteiger partial charge is 0.472 e. The number of carbonyl (C=O) groups excluding carboxylic acids is 1. The lowest BCUT2D eigenvalue weighted by Crippen LogP contribution is -2.05. The van der Waals surface area contributed by atoms with Crippen molar-refractivity contribution in [2.45, 2.75) is 26.7 Å². The molecule has 8 heteroatoms. The lowest BCUT2D eigenvalue weighted by Gasteiger charge is -2.19. The molecule has 0 radical (unpaired) electrons. The van der Waals surface area contributed by atoms with Crippen LogP contribution in [0.15, 0.2) is 23.0 Å². The minimum absolute atomic E-state index is 0.0825. The molecule has 0 aliphatic heterocycles. The van der Waals surface area contributed by atoms with Crippen LogP contribution < -0.4 is 0 Å². The molecule has 0 saturated heterocycles. The summed E-state index contributed by atoms with van der Waals surface area (Å²) in [6.45, 7) is 5.57. The Hall–Kier alpha value is -1.07. The highest BCUT2D eigenvalue weighted by atomic mass is 35.5. The Kier molecular flexibility index (Phi) is 7.90. The maximum atomic E-state index is 13.0. The van der Waals surface area contributed by atoms with Crippen molar-refractivity contribution in [3.63, 3.8) is 0 Å². The van der Waals surface area contributed by atoms with E-state index in [0.29, 0.717) is 11.1 Å². The summed E-state index contributed by atoms with van der Waals surface area (Å²) in [5.41, 5.74) is 0.991. The maximum absolute atomic E-state index is 13.0. The predicted molar refractivity (Wildman–Crippen MR) is 83.7 cm³/mol. The Bertz CT molecular complexity index is 555. The number of hydrogen-bond acceptors (Lipinski definition) is 6. The Morgan fingerprint density at radius 3 is 2.36 bits per heavy atom. The SMILES string of the molecule is CCOC(=O)C=C(c1cocc1CCl)P(=O)(OCC)OCC. The molecule has 0 N–H and O–H groups in total. The molecule has 0 spiro atoms. The number of furan rings is 1. The van der Waals surface area contributed by atoms with Gasteiger partial charge in [0.05, 0.1) is 43.5 Å². The highest BCUT2D eigenvalue weighted by Crippen LogP contribution is 2.61. The first-order valence-corrected chi connectivity index (χ1v) is 8.99. The van der Waals surface area contributed by atoms with Crippen LogP contribution in [-0.2, 0) is 29.0 Å². The Balaban J connectivity index is 3.38. The number of halogens is 1. The second kappa shape index (κ2) is 9.16. The summed E-state index contributed by atoms with van der Waals surface area (Å²) in [4.78, 5) is 11.8. The van der Waals surface area contributed by atoms with Gasteiger partial charge in [0.25, 0.3) is 0 Å². The molecule has 0 aromatic carbocycles. The number of hydrogen-bond donors (Lipinski definition) is 0. The molecule has 6 nitrogen and oxygen atoms in total. The fraction of sp³-hybridized carbons (Fsp3) is 0.500. The van der Waals surface area contributed by atoms with Crippen LogP contribution in [0.25, 0.3) is 5.31 Å². The number of esters is 1. The standard InChI is InChI=1S/C14H20ClO6P/c1-4-19-14(16)7-13(12-10-18-9-11(12)8-15)22(17,20-5-2)21-6-3/h7,9-10H,4-6,8H2,1-3H3. The van der Waals surface area contributed by atoms with E-state index in [9.17, 15) is 9.36 Å². The zero-order chi connectivity index (χ0) is 16.6. The molecule has 0 aliphatic carbocycles. The van der Waals surface area contributed by atoms with Gasteiger partial charge in [-0.25, -0.2) is 4.79 Å². The lowest BCUT2D eigenvalue weighted by atomic mass is 10.2. The molecular formula is C14H20ClO6P. The van der Waals surface area contributed by atoms with Gasteiger partial charge in [0, 0.05) is 17.2 Å². The van der Waals surface area contributed by atoms with Crippen molar-refractivity contribution in [3.05, 3.63) is 29.7 Å². The molecule has 22 heavy (non-hydrogen) atoms. The summed E-state index contributed by atoms with van der Waals surface area (Å²) in [5, 5.41) is 0.0825. The van der Waals surface area contributed by atoms with Gasteiger partial charge in [-0.05, 0) is 20.8 Å². The molecule has 0 saturated carbocycles. The number of ether oxygens (including phenoxy) is 1. The normalized spacial score (nSPS) is 12.5. The van der Waals surface area contributed by atoms with Gasteiger partial charge in [0.15, 0.2) is 0 Å². The van der Waals surface area contributed by atoms with E-state index in [1.165, 1.54) is 12.5 Å². The molecule has 124 valence electrons. The van der Waals surface area contributed by atoms with Crippen LogP contribution in [0.2, 0.25) is 0 Å². The monoisotopic (exact) mass is 350 g/mol. The van der Waals surface area contributed by atoms with E-state index in [-0.39, 0.29) is 31.0 Å². The van der Waals surface area contributed by atoms with Gasteiger partial charge in [0.1, 0.15) is 0 Å². The van der Waals surface area contributed by atoms with Gasteiger partial charge < -0.3 is 18.2 Å². The van der Waals surface area contributed by atoms with Crippen LogP contribution in [0.3, 0.4) is 0 Å². The van der Waals surface area contributed by atoms with Gasteiger partial charge in [-0.3, -0.25) is 4.57 Å². The first-order chi connectivity index (χ1) is 10.5.